The van der Waals surface area contributed by atoms with Crippen molar-refractivity contribution >= 4 is 23.0 Å². The Labute approximate surface area is 249 Å². The Morgan fingerprint density at radius 1 is 0.607 bits per heavy atom. The molecule has 3 N–H and O–H groups in total. The smallest absolute Gasteiger partial charge is 0.790 e. The van der Waals surface area contributed by atoms with Crippen molar-refractivity contribution < 1.29 is 180 Å². The third-order valence-corrected chi connectivity index (χ3v) is 4.65. The van der Waals surface area contributed by atoms with Crippen LogP contribution in [0, 0.1) is 0 Å². The van der Waals surface area contributed by atoms with Crippen LogP contribution in [0.5, 0.6) is 0 Å². The molecule has 0 aromatic heterocycles. The Bertz CT molecular complexity index is 592. The molecule has 0 spiro atoms. The molecule has 0 saturated heterocycles. The molecule has 0 amide bonds. The number of rotatable bonds is 6. The van der Waals surface area contributed by atoms with Gasteiger partial charge in [-0.2, -0.15) is 0 Å². The van der Waals surface area contributed by atoms with Crippen LogP contribution in [0.4, 0.5) is 0 Å². The minimum Gasteiger partial charge on any atom is -0.790 e. The average Bonchev–Trinajstić information content (AvgIpc) is 2.32. The quantitative estimate of drug-likeness (QED) is 0.226. The molecule has 1 aliphatic carbocycles. The number of hydrogen-bond acceptors (Lipinski definition) is 13. The van der Waals surface area contributed by atoms with Gasteiger partial charge in [-0.05, 0) is 0 Å². The first kappa shape index (κ1) is 39.5. The molecule has 0 heterocycles. The van der Waals surface area contributed by atoms with E-state index in [0.717, 1.165) is 13.3 Å². The van der Waals surface area contributed by atoms with Crippen molar-refractivity contribution in [3.8, 4) is 0 Å². The SMILES string of the molecule is CP(C)(=O)O[C@@H]1[C@@H](O)[C@@H](O)[C@@H](OP(=O)([O-])[O-])[C@H](O)[C@H]1OP(=O)([O-])[O-].[Na+].[Na+].[Na+].[Na+]. The maximum Gasteiger partial charge on any atom is 1.00 e. The zero-order valence-corrected chi connectivity index (χ0v) is 26.9. The predicted octanol–water partition coefficient (Wildman–Crippen LogP) is -16.6. The van der Waals surface area contributed by atoms with Gasteiger partial charge in [0, 0.05) is 13.3 Å². The standard InChI is InChI=1S/C8H19O13P3.4Na/c1-22(2,12)19-7-4(10)3(9)6(20-23(13,14)15)5(11)8(7)21-24(16,17)18;;;;/h3-11H,1-2H3,(H2,13,14,15)(H2,16,17,18);;;;/q;4*+1/p-4/t3-,4+,5+,6-,7-,8-;;;;/m1..../s1. The summed E-state index contributed by atoms with van der Waals surface area (Å²) in [4.78, 5) is 42.9. The molecule has 1 rings (SSSR count). The molecule has 0 aromatic carbocycles. The van der Waals surface area contributed by atoms with Gasteiger partial charge in [0.05, 0.1) is 15.6 Å². The number of aliphatic hydroxyl groups is 3. The monoisotopic (exact) mass is 504 g/mol. The number of phosphoric ester groups is 2. The van der Waals surface area contributed by atoms with Crippen molar-refractivity contribution in [2.45, 2.75) is 36.6 Å². The van der Waals surface area contributed by atoms with Crippen molar-refractivity contribution in [1.29, 1.82) is 0 Å². The van der Waals surface area contributed by atoms with E-state index in [2.05, 4.69) is 9.05 Å². The Morgan fingerprint density at radius 2 is 0.893 bits per heavy atom. The Balaban J connectivity index is -0.000000720. The summed E-state index contributed by atoms with van der Waals surface area (Å²) in [5.41, 5.74) is 0. The van der Waals surface area contributed by atoms with E-state index in [4.69, 9.17) is 4.52 Å². The van der Waals surface area contributed by atoms with Gasteiger partial charge in [0.15, 0.2) is 7.37 Å². The molecule has 1 saturated carbocycles. The van der Waals surface area contributed by atoms with Crippen molar-refractivity contribution in [1.82, 2.24) is 0 Å². The summed E-state index contributed by atoms with van der Waals surface area (Å²) in [6.07, 6.45) is -13.5. The van der Waals surface area contributed by atoms with Gasteiger partial charge in [0.2, 0.25) is 0 Å². The average molecular weight is 504 g/mol. The zero-order chi connectivity index (χ0) is 19.1. The largest absolute Gasteiger partial charge is 1.00 e. The first-order valence-electron chi connectivity index (χ1n) is 6.20. The summed E-state index contributed by atoms with van der Waals surface area (Å²) in [7, 11) is -15.0. The Kier molecular flexibility index (Phi) is 21.6. The Morgan fingerprint density at radius 3 is 1.21 bits per heavy atom. The van der Waals surface area contributed by atoms with Gasteiger partial charge in [0.25, 0.3) is 0 Å². The van der Waals surface area contributed by atoms with E-state index in [9.17, 15) is 48.6 Å². The molecule has 144 valence electrons. The van der Waals surface area contributed by atoms with Crippen molar-refractivity contribution in [3.05, 3.63) is 0 Å². The van der Waals surface area contributed by atoms with Crippen LogP contribution >= 0.6 is 23.0 Å². The van der Waals surface area contributed by atoms with Crippen molar-refractivity contribution in [2.75, 3.05) is 13.3 Å². The van der Waals surface area contributed by atoms with Crippen LogP contribution in [0.3, 0.4) is 0 Å². The maximum absolute atomic E-state index is 11.7. The van der Waals surface area contributed by atoms with E-state index < -0.39 is 59.6 Å². The van der Waals surface area contributed by atoms with Gasteiger partial charge in [-0.1, -0.05) is 0 Å². The van der Waals surface area contributed by atoms with E-state index in [0.29, 0.717) is 0 Å². The van der Waals surface area contributed by atoms with Gasteiger partial charge >= 0.3 is 118 Å². The van der Waals surface area contributed by atoms with Gasteiger partial charge < -0.3 is 57.6 Å². The van der Waals surface area contributed by atoms with Gasteiger partial charge in [-0.3, -0.25) is 4.57 Å². The summed E-state index contributed by atoms with van der Waals surface area (Å²) < 4.78 is 45.9. The van der Waals surface area contributed by atoms with E-state index >= 15 is 0 Å². The molecule has 0 bridgehead atoms. The topological polar surface area (TPSA) is 232 Å². The molecule has 0 unspecified atom stereocenters. The third kappa shape index (κ3) is 13.9. The minimum absolute atomic E-state index is 0. The predicted molar refractivity (Wildman–Crippen MR) is 67.3 cm³/mol. The summed E-state index contributed by atoms with van der Waals surface area (Å²) in [5, 5.41) is 29.6. The van der Waals surface area contributed by atoms with Crippen LogP contribution in [0.15, 0.2) is 0 Å². The molecular weight excluding hydrogens is 489 g/mol. The molecule has 1 aliphatic rings. The second kappa shape index (κ2) is 15.3. The maximum atomic E-state index is 11.7. The third-order valence-electron chi connectivity index (χ3n) is 2.90. The molecule has 0 aliphatic heterocycles. The number of phosphoric acid groups is 2. The van der Waals surface area contributed by atoms with Crippen molar-refractivity contribution in [2.24, 2.45) is 0 Å². The second-order valence-electron chi connectivity index (χ2n) is 5.33. The number of aliphatic hydroxyl groups excluding tert-OH is 3. The molecular formula is C8H15Na4O13P3. The second-order valence-corrected chi connectivity index (χ2v) is 10.3. The van der Waals surface area contributed by atoms with Crippen LogP contribution in [-0.4, -0.2) is 65.3 Å². The van der Waals surface area contributed by atoms with E-state index in [1.54, 1.807) is 0 Å². The molecule has 0 radical (unpaired) electrons. The first-order valence-corrected chi connectivity index (χ1v) is 11.6. The van der Waals surface area contributed by atoms with Crippen LogP contribution in [-0.2, 0) is 27.3 Å². The minimum atomic E-state index is -5.80. The zero-order valence-electron chi connectivity index (χ0n) is 16.2. The fourth-order valence-corrected chi connectivity index (χ4v) is 4.05. The fourth-order valence-electron chi connectivity index (χ4n) is 2.13. The van der Waals surface area contributed by atoms with Crippen LogP contribution in [0.25, 0.3) is 0 Å². The fraction of sp³-hybridized carbons (Fsp3) is 1.00. The molecule has 1 fully saturated rings. The summed E-state index contributed by atoms with van der Waals surface area (Å²) in [6, 6.07) is 0. The van der Waals surface area contributed by atoms with Crippen LogP contribution in [0.1, 0.15) is 0 Å². The Hall–Kier alpha value is 4.29. The molecule has 28 heavy (non-hydrogen) atoms. The summed E-state index contributed by atoms with van der Waals surface area (Å²) in [5.74, 6) is 0. The summed E-state index contributed by atoms with van der Waals surface area (Å²) >= 11 is 0. The first-order chi connectivity index (χ1) is 10.5. The molecule has 6 atom stereocenters. The van der Waals surface area contributed by atoms with E-state index in [1.807, 2.05) is 0 Å². The summed E-state index contributed by atoms with van der Waals surface area (Å²) in [6.45, 7) is 2.07. The normalized spacial score (nSPS) is 30.8. The van der Waals surface area contributed by atoms with Gasteiger partial charge in [0.1, 0.15) is 36.6 Å². The van der Waals surface area contributed by atoms with Crippen LogP contribution < -0.4 is 138 Å². The molecule has 13 nitrogen and oxygen atoms in total. The van der Waals surface area contributed by atoms with Gasteiger partial charge in [-0.15, -0.1) is 0 Å². The van der Waals surface area contributed by atoms with E-state index in [1.165, 1.54) is 0 Å². The number of hydrogen-bond donors (Lipinski definition) is 3. The molecule has 20 heteroatoms. The van der Waals surface area contributed by atoms with E-state index in [-0.39, 0.29) is 118 Å². The molecule has 0 aromatic rings. The van der Waals surface area contributed by atoms with Gasteiger partial charge in [-0.25, -0.2) is 0 Å². The van der Waals surface area contributed by atoms with Crippen molar-refractivity contribution in [3.63, 3.8) is 0 Å². The van der Waals surface area contributed by atoms with Crippen LogP contribution in [0.2, 0.25) is 0 Å².